The highest BCUT2D eigenvalue weighted by molar-refractivity contribution is 5.85. The molecule has 0 radical (unpaired) electrons. The highest BCUT2D eigenvalue weighted by Gasteiger charge is 2.24. The average molecular weight is 496 g/mol. The van der Waals surface area contributed by atoms with E-state index in [-0.39, 0.29) is 23.9 Å². The van der Waals surface area contributed by atoms with E-state index in [1.807, 2.05) is 36.5 Å². The van der Waals surface area contributed by atoms with Gasteiger partial charge in [-0.2, -0.15) is 0 Å². The number of rotatable bonds is 7. The maximum atomic E-state index is 15.0. The van der Waals surface area contributed by atoms with Gasteiger partial charge >= 0.3 is 0 Å². The van der Waals surface area contributed by atoms with Crippen LogP contribution in [0.5, 0.6) is 0 Å². The third-order valence-corrected chi connectivity index (χ3v) is 6.15. The molecule has 9 nitrogen and oxygen atoms in total. The number of nitrogens with zero attached hydrogens (tertiary/aromatic N) is 5. The van der Waals surface area contributed by atoms with E-state index in [9.17, 15) is 0 Å². The maximum Gasteiger partial charge on any atom is 0.206 e. The van der Waals surface area contributed by atoms with Crippen molar-refractivity contribution in [3.05, 3.63) is 54.2 Å². The number of nitrogens with one attached hydrogen (secondary N) is 4. The molecule has 11 heteroatoms. The minimum Gasteiger partial charge on any atom is -0.365 e. The van der Waals surface area contributed by atoms with Gasteiger partial charge in [-0.3, -0.25) is 4.90 Å². The summed E-state index contributed by atoms with van der Waals surface area (Å²) in [4.78, 5) is 23.0. The predicted octanol–water partition coefficient (Wildman–Crippen LogP) is 3.70. The first-order valence-electron chi connectivity index (χ1n) is 11.6. The summed E-state index contributed by atoms with van der Waals surface area (Å²) in [6.45, 7) is 5.03. The van der Waals surface area contributed by atoms with Gasteiger partial charge < -0.3 is 20.9 Å². The Labute approximate surface area is 208 Å². The van der Waals surface area contributed by atoms with Crippen LogP contribution < -0.4 is 16.0 Å². The van der Waals surface area contributed by atoms with Gasteiger partial charge in [-0.1, -0.05) is 6.07 Å². The molecule has 2 fully saturated rings. The Hall–Kier alpha value is -3.34. The van der Waals surface area contributed by atoms with E-state index in [0.717, 1.165) is 62.4 Å². The zero-order valence-electron chi connectivity index (χ0n) is 19.1. The zero-order valence-corrected chi connectivity index (χ0v) is 19.9. The zero-order chi connectivity index (χ0) is 22.9. The molecule has 1 aromatic carbocycles. The predicted molar refractivity (Wildman–Crippen MR) is 137 cm³/mol. The first kappa shape index (κ1) is 23.4. The minimum atomic E-state index is -0.433. The molecule has 1 aliphatic carbocycles. The number of piperazine rings is 1. The summed E-state index contributed by atoms with van der Waals surface area (Å²) in [5, 5.41) is 9.76. The number of fused-ring (bicyclic) bond motifs is 1. The molecule has 0 bridgehead atoms. The smallest absolute Gasteiger partial charge is 0.206 e. The molecule has 0 spiro atoms. The molecule has 4 N–H and O–H groups in total. The Balaban J connectivity index is 0.00000253. The van der Waals surface area contributed by atoms with Crippen LogP contribution in [-0.2, 0) is 6.54 Å². The van der Waals surface area contributed by atoms with Crippen LogP contribution >= 0.6 is 12.4 Å². The van der Waals surface area contributed by atoms with Gasteiger partial charge in [0.05, 0.1) is 11.0 Å². The molecule has 3 aromatic heterocycles. The summed E-state index contributed by atoms with van der Waals surface area (Å²) < 4.78 is 15.0. The van der Waals surface area contributed by atoms with Crippen molar-refractivity contribution in [1.82, 2.24) is 35.1 Å². The monoisotopic (exact) mass is 495 g/mol. The number of H-pyrrole nitrogens is 1. The lowest BCUT2D eigenvalue weighted by Gasteiger charge is -2.27. The van der Waals surface area contributed by atoms with Crippen LogP contribution in [0.2, 0.25) is 0 Å². The SMILES string of the molecule is Cl.Fc1c(NC2CC2)ncnc1-c1ccc2nc(Nc3cc(CN4CCNCC4)ccn3)[nH]c2c1. The summed E-state index contributed by atoms with van der Waals surface area (Å²) in [5.74, 6) is 1.13. The van der Waals surface area contributed by atoms with Crippen LogP contribution in [0.15, 0.2) is 42.9 Å². The van der Waals surface area contributed by atoms with E-state index < -0.39 is 5.82 Å². The highest BCUT2D eigenvalue weighted by Crippen LogP contribution is 2.30. The largest absolute Gasteiger partial charge is 0.365 e. The molecular formula is C24H27ClFN9. The maximum absolute atomic E-state index is 15.0. The van der Waals surface area contributed by atoms with Crippen molar-refractivity contribution in [3.8, 4) is 11.3 Å². The Morgan fingerprint density at radius 2 is 1.91 bits per heavy atom. The molecule has 182 valence electrons. The van der Waals surface area contributed by atoms with Gasteiger partial charge in [-0.05, 0) is 42.7 Å². The lowest BCUT2D eigenvalue weighted by atomic mass is 10.1. The second-order valence-corrected chi connectivity index (χ2v) is 8.82. The number of halogens is 2. The van der Waals surface area contributed by atoms with E-state index >= 15 is 4.39 Å². The Kier molecular flexibility index (Phi) is 6.76. The van der Waals surface area contributed by atoms with Crippen molar-refractivity contribution in [2.24, 2.45) is 0 Å². The van der Waals surface area contributed by atoms with Crippen molar-refractivity contribution >= 4 is 41.0 Å². The van der Waals surface area contributed by atoms with Crippen molar-refractivity contribution in [2.45, 2.75) is 25.4 Å². The van der Waals surface area contributed by atoms with Crippen LogP contribution in [0.3, 0.4) is 0 Å². The minimum absolute atomic E-state index is 0. The van der Waals surface area contributed by atoms with E-state index in [4.69, 9.17) is 0 Å². The number of hydrogen-bond acceptors (Lipinski definition) is 8. The molecule has 4 heterocycles. The summed E-state index contributed by atoms with van der Waals surface area (Å²) in [5.41, 5.74) is 3.69. The van der Waals surface area contributed by atoms with E-state index in [2.05, 4.69) is 45.8 Å². The van der Waals surface area contributed by atoms with Crippen molar-refractivity contribution in [2.75, 3.05) is 36.8 Å². The van der Waals surface area contributed by atoms with Crippen LogP contribution in [-0.4, -0.2) is 62.0 Å². The summed E-state index contributed by atoms with van der Waals surface area (Å²) >= 11 is 0. The number of anilines is 3. The molecule has 0 amide bonds. The van der Waals surface area contributed by atoms with Gasteiger partial charge in [0, 0.05) is 50.5 Å². The highest BCUT2D eigenvalue weighted by atomic mass is 35.5. The van der Waals surface area contributed by atoms with E-state index in [1.54, 1.807) is 0 Å². The summed E-state index contributed by atoms with van der Waals surface area (Å²) in [6, 6.07) is 9.94. The third-order valence-electron chi connectivity index (χ3n) is 6.15. The molecule has 35 heavy (non-hydrogen) atoms. The lowest BCUT2D eigenvalue weighted by molar-refractivity contribution is 0.233. The van der Waals surface area contributed by atoms with E-state index in [1.165, 1.54) is 11.9 Å². The van der Waals surface area contributed by atoms with Gasteiger partial charge in [0.25, 0.3) is 0 Å². The Morgan fingerprint density at radius 1 is 1.06 bits per heavy atom. The van der Waals surface area contributed by atoms with E-state index in [0.29, 0.717) is 17.6 Å². The van der Waals surface area contributed by atoms with Crippen molar-refractivity contribution < 1.29 is 4.39 Å². The molecule has 1 saturated carbocycles. The Bertz CT molecular complexity index is 1320. The van der Waals surface area contributed by atoms with Gasteiger partial charge in [-0.15, -0.1) is 12.4 Å². The number of benzene rings is 1. The number of aromatic nitrogens is 5. The molecule has 6 rings (SSSR count). The van der Waals surface area contributed by atoms with Crippen LogP contribution in [0.25, 0.3) is 22.3 Å². The lowest BCUT2D eigenvalue weighted by Crippen LogP contribution is -2.42. The van der Waals surface area contributed by atoms with Crippen LogP contribution in [0.4, 0.5) is 22.0 Å². The summed E-state index contributed by atoms with van der Waals surface area (Å²) in [7, 11) is 0. The quantitative estimate of drug-likeness (QED) is 0.307. The number of imidazole rings is 1. The van der Waals surface area contributed by atoms with Crippen LogP contribution in [0.1, 0.15) is 18.4 Å². The van der Waals surface area contributed by atoms with Crippen LogP contribution in [0, 0.1) is 5.82 Å². The van der Waals surface area contributed by atoms with Gasteiger partial charge in [0.1, 0.15) is 17.8 Å². The van der Waals surface area contributed by atoms with Gasteiger partial charge in [0.15, 0.2) is 11.6 Å². The molecule has 2 aliphatic rings. The van der Waals surface area contributed by atoms with Gasteiger partial charge in [0.2, 0.25) is 5.95 Å². The molecular weight excluding hydrogens is 469 g/mol. The summed E-state index contributed by atoms with van der Waals surface area (Å²) in [6.07, 6.45) is 5.29. The molecule has 1 saturated heterocycles. The number of aromatic amines is 1. The normalized spacial score (nSPS) is 16.1. The second-order valence-electron chi connectivity index (χ2n) is 8.82. The molecule has 1 aliphatic heterocycles. The average Bonchev–Trinajstić information content (AvgIpc) is 3.58. The van der Waals surface area contributed by atoms with Gasteiger partial charge in [-0.25, -0.2) is 24.3 Å². The first-order chi connectivity index (χ1) is 16.7. The topological polar surface area (TPSA) is 107 Å². The molecule has 4 aromatic rings. The fraction of sp³-hybridized carbons (Fsp3) is 0.333. The first-order valence-corrected chi connectivity index (χ1v) is 11.6. The number of hydrogen-bond donors (Lipinski definition) is 4. The third kappa shape index (κ3) is 5.34. The Morgan fingerprint density at radius 3 is 2.74 bits per heavy atom. The van der Waals surface area contributed by atoms with Crippen molar-refractivity contribution in [1.29, 1.82) is 0 Å². The van der Waals surface area contributed by atoms with Crippen molar-refractivity contribution in [3.63, 3.8) is 0 Å². The molecule has 0 unspecified atom stereocenters. The fourth-order valence-electron chi connectivity index (χ4n) is 4.20. The number of pyridine rings is 1. The second kappa shape index (κ2) is 10.1. The fourth-order valence-corrected chi connectivity index (χ4v) is 4.20. The standard InChI is InChI=1S/C24H26FN9.ClH/c25-21-22(28-14-29-23(21)30-17-2-3-17)16-1-4-18-19(12-16)32-24(31-18)33-20-11-15(5-6-27-20)13-34-9-7-26-8-10-34;/h1,4-6,11-12,14,17,26H,2-3,7-10,13H2,(H,28,29,30)(H2,27,31,32,33);1H. The molecule has 0 atom stereocenters.